The second kappa shape index (κ2) is 10.2. The monoisotopic (exact) mass is 391 g/mol. The van der Waals surface area contributed by atoms with Crippen LogP contribution in [-0.2, 0) is 24.1 Å². The van der Waals surface area contributed by atoms with Crippen LogP contribution >= 0.6 is 0 Å². The highest BCUT2D eigenvalue weighted by atomic mass is 16.5. The number of morpholine rings is 1. The molecule has 2 N–H and O–H groups in total. The molecule has 2 aliphatic rings. The summed E-state index contributed by atoms with van der Waals surface area (Å²) in [7, 11) is 1.83. The van der Waals surface area contributed by atoms with Crippen molar-refractivity contribution in [1.29, 1.82) is 0 Å². The van der Waals surface area contributed by atoms with Crippen molar-refractivity contribution in [3.63, 3.8) is 0 Å². The van der Waals surface area contributed by atoms with E-state index in [-0.39, 0.29) is 5.54 Å². The van der Waals surface area contributed by atoms with Crippen LogP contribution in [0.15, 0.2) is 4.99 Å². The van der Waals surface area contributed by atoms with Crippen LogP contribution in [0.25, 0.3) is 0 Å². The van der Waals surface area contributed by atoms with E-state index in [1.54, 1.807) is 0 Å². The van der Waals surface area contributed by atoms with Crippen LogP contribution in [0.3, 0.4) is 0 Å². The van der Waals surface area contributed by atoms with Gasteiger partial charge in [-0.3, -0.25) is 9.89 Å². The van der Waals surface area contributed by atoms with Crippen molar-refractivity contribution in [1.82, 2.24) is 30.3 Å². The highest BCUT2D eigenvalue weighted by Gasteiger charge is 2.28. The van der Waals surface area contributed by atoms with E-state index in [0.717, 1.165) is 77.0 Å². The molecule has 1 aromatic rings. The lowest BCUT2D eigenvalue weighted by Crippen LogP contribution is -2.56. The van der Waals surface area contributed by atoms with Crippen LogP contribution < -0.4 is 10.6 Å². The van der Waals surface area contributed by atoms with Gasteiger partial charge in [-0.05, 0) is 33.1 Å². The molecule has 1 fully saturated rings. The molecule has 0 spiro atoms. The zero-order valence-electron chi connectivity index (χ0n) is 17.8. The van der Waals surface area contributed by atoms with Gasteiger partial charge in [0.25, 0.3) is 0 Å². The molecule has 0 aromatic carbocycles. The summed E-state index contributed by atoms with van der Waals surface area (Å²) in [5.41, 5.74) is 0.0699. The summed E-state index contributed by atoms with van der Waals surface area (Å²) in [4.78, 5) is 6.85. The van der Waals surface area contributed by atoms with E-state index in [1.807, 2.05) is 7.05 Å². The predicted molar refractivity (Wildman–Crippen MR) is 112 cm³/mol. The molecule has 3 rings (SSSR count). The summed E-state index contributed by atoms with van der Waals surface area (Å²) >= 11 is 0. The lowest BCUT2D eigenvalue weighted by molar-refractivity contribution is -0.00833. The maximum absolute atomic E-state index is 5.47. The normalized spacial score (nSPS) is 19.2. The fraction of sp³-hybridized carbons (Fsp3) is 0.850. The first-order valence-corrected chi connectivity index (χ1v) is 10.8. The summed E-state index contributed by atoms with van der Waals surface area (Å²) in [5, 5.41) is 15.7. The molecule has 0 atom stereocenters. The van der Waals surface area contributed by atoms with E-state index in [4.69, 9.17) is 4.74 Å². The Morgan fingerprint density at radius 2 is 1.93 bits per heavy atom. The number of fused-ring (bicyclic) bond motifs is 1. The van der Waals surface area contributed by atoms with E-state index in [0.29, 0.717) is 0 Å². The van der Waals surface area contributed by atoms with Crippen molar-refractivity contribution in [2.45, 2.75) is 64.5 Å². The van der Waals surface area contributed by atoms with Crippen molar-refractivity contribution >= 4 is 5.96 Å². The Labute approximate surface area is 169 Å². The number of rotatable bonds is 7. The van der Waals surface area contributed by atoms with Crippen molar-refractivity contribution in [3.8, 4) is 0 Å². The van der Waals surface area contributed by atoms with Gasteiger partial charge in [-0.2, -0.15) is 0 Å². The molecule has 0 aliphatic carbocycles. The third-order valence-electron chi connectivity index (χ3n) is 5.83. The van der Waals surface area contributed by atoms with Crippen molar-refractivity contribution in [3.05, 3.63) is 11.6 Å². The number of aryl methyl sites for hydroxylation is 2. The molecule has 0 unspecified atom stereocenters. The minimum atomic E-state index is 0.0699. The molecule has 8 nitrogen and oxygen atoms in total. The van der Waals surface area contributed by atoms with Crippen LogP contribution in [0.1, 0.15) is 51.2 Å². The lowest BCUT2D eigenvalue weighted by atomic mass is 10.0. The van der Waals surface area contributed by atoms with Gasteiger partial charge in [-0.1, -0.05) is 6.42 Å². The Balaban J connectivity index is 1.39. The van der Waals surface area contributed by atoms with Crippen LogP contribution in [0, 0.1) is 0 Å². The fourth-order valence-electron chi connectivity index (χ4n) is 3.98. The first-order chi connectivity index (χ1) is 13.6. The Morgan fingerprint density at radius 3 is 2.71 bits per heavy atom. The molecule has 0 bridgehead atoms. The number of nitrogens with one attached hydrogen (secondary N) is 2. The number of guanidine groups is 1. The number of aromatic nitrogens is 3. The number of aliphatic imine (C=N–C) groups is 1. The van der Waals surface area contributed by atoms with Crippen molar-refractivity contribution < 1.29 is 4.74 Å². The van der Waals surface area contributed by atoms with Gasteiger partial charge in [0.05, 0.1) is 13.2 Å². The Hall–Kier alpha value is -1.67. The minimum Gasteiger partial charge on any atom is -0.379 e. The molecule has 0 radical (unpaired) electrons. The molecular formula is C20H37N7O. The maximum Gasteiger partial charge on any atom is 0.191 e. The zero-order valence-corrected chi connectivity index (χ0v) is 17.8. The standard InChI is InChI=1S/C20H37N7O/c1-20(2,26-12-14-28-15-13-26)16-23-19(21-3)22-10-7-9-18-25-24-17-8-5-4-6-11-27(17)18/h4-16H2,1-3H3,(H2,21,22,23). The highest BCUT2D eigenvalue weighted by Crippen LogP contribution is 2.16. The fourth-order valence-corrected chi connectivity index (χ4v) is 3.98. The van der Waals surface area contributed by atoms with Gasteiger partial charge in [0, 0.05) is 58.2 Å². The largest absolute Gasteiger partial charge is 0.379 e. The number of hydrogen-bond acceptors (Lipinski definition) is 5. The van der Waals surface area contributed by atoms with Gasteiger partial charge in [0.2, 0.25) is 0 Å². The summed E-state index contributed by atoms with van der Waals surface area (Å²) in [5.74, 6) is 3.17. The Morgan fingerprint density at radius 1 is 1.11 bits per heavy atom. The van der Waals surface area contributed by atoms with Gasteiger partial charge in [0.1, 0.15) is 11.6 Å². The number of ether oxygens (including phenoxy) is 1. The number of hydrogen-bond donors (Lipinski definition) is 2. The van der Waals surface area contributed by atoms with Gasteiger partial charge in [-0.25, -0.2) is 0 Å². The van der Waals surface area contributed by atoms with Crippen molar-refractivity contribution in [2.75, 3.05) is 46.4 Å². The zero-order chi connectivity index (χ0) is 19.8. The van der Waals surface area contributed by atoms with Gasteiger partial charge in [0.15, 0.2) is 5.96 Å². The van der Waals surface area contributed by atoms with E-state index in [1.165, 1.54) is 25.1 Å². The summed E-state index contributed by atoms with van der Waals surface area (Å²) in [6, 6.07) is 0. The molecule has 28 heavy (non-hydrogen) atoms. The first-order valence-electron chi connectivity index (χ1n) is 10.8. The Bertz CT molecular complexity index is 634. The third-order valence-corrected chi connectivity index (χ3v) is 5.83. The van der Waals surface area contributed by atoms with E-state index in [9.17, 15) is 0 Å². The number of nitrogens with zero attached hydrogens (tertiary/aromatic N) is 5. The van der Waals surface area contributed by atoms with Crippen molar-refractivity contribution in [2.24, 2.45) is 4.99 Å². The van der Waals surface area contributed by atoms with Crippen LogP contribution in [0.2, 0.25) is 0 Å². The molecular weight excluding hydrogens is 354 g/mol. The van der Waals surface area contributed by atoms with Gasteiger partial charge in [-0.15, -0.1) is 10.2 Å². The molecule has 0 saturated carbocycles. The highest BCUT2D eigenvalue weighted by molar-refractivity contribution is 5.79. The van der Waals surface area contributed by atoms with Crippen LogP contribution in [-0.4, -0.2) is 77.6 Å². The molecule has 8 heteroatoms. The second-order valence-corrected chi connectivity index (χ2v) is 8.36. The minimum absolute atomic E-state index is 0.0699. The average molecular weight is 392 g/mol. The van der Waals surface area contributed by atoms with E-state index < -0.39 is 0 Å². The lowest BCUT2D eigenvalue weighted by Gasteiger charge is -2.41. The Kier molecular flexibility index (Phi) is 7.67. The molecule has 0 amide bonds. The SMILES string of the molecule is CN=C(NCCCc1nnc2n1CCCCC2)NCC(C)(C)N1CCOCC1. The van der Waals surface area contributed by atoms with Crippen LogP contribution in [0.5, 0.6) is 0 Å². The predicted octanol–water partition coefficient (Wildman–Crippen LogP) is 1.21. The summed E-state index contributed by atoms with van der Waals surface area (Å²) in [6.07, 6.45) is 6.82. The van der Waals surface area contributed by atoms with Gasteiger partial charge >= 0.3 is 0 Å². The summed E-state index contributed by atoms with van der Waals surface area (Å²) < 4.78 is 7.81. The quantitative estimate of drug-likeness (QED) is 0.413. The van der Waals surface area contributed by atoms with E-state index in [2.05, 4.69) is 49.1 Å². The maximum atomic E-state index is 5.47. The topological polar surface area (TPSA) is 79.6 Å². The third kappa shape index (κ3) is 5.67. The molecule has 158 valence electrons. The summed E-state index contributed by atoms with van der Waals surface area (Å²) in [6.45, 7) is 11.0. The van der Waals surface area contributed by atoms with Gasteiger partial charge < -0.3 is 19.9 Å². The molecule has 3 heterocycles. The second-order valence-electron chi connectivity index (χ2n) is 8.36. The first kappa shape index (κ1) is 21.0. The molecule has 2 aliphatic heterocycles. The van der Waals surface area contributed by atoms with E-state index >= 15 is 0 Å². The smallest absolute Gasteiger partial charge is 0.191 e. The average Bonchev–Trinajstić information content (AvgIpc) is 2.94. The molecule has 1 saturated heterocycles. The van der Waals surface area contributed by atoms with Crippen LogP contribution in [0.4, 0.5) is 0 Å². The molecule has 1 aromatic heterocycles.